The van der Waals surface area contributed by atoms with E-state index < -0.39 is 12.2 Å². The third-order valence-corrected chi connectivity index (χ3v) is 6.30. The van der Waals surface area contributed by atoms with Crippen LogP contribution in [0.1, 0.15) is 48.2 Å². The predicted octanol–water partition coefficient (Wildman–Crippen LogP) is 3.98. The van der Waals surface area contributed by atoms with E-state index in [1.807, 2.05) is 6.07 Å². The number of fused-ring (bicyclic) bond motifs is 2. The molecule has 1 aromatic carbocycles. The maximum atomic E-state index is 13.4. The third-order valence-electron chi connectivity index (χ3n) is 6.30. The molecule has 0 amide bonds. The second-order valence-corrected chi connectivity index (χ2v) is 8.07. The summed E-state index contributed by atoms with van der Waals surface area (Å²) in [4.78, 5) is 11.9. The van der Waals surface area contributed by atoms with Gasteiger partial charge in [0.1, 0.15) is 6.04 Å². The Bertz CT molecular complexity index is 925. The van der Waals surface area contributed by atoms with E-state index in [0.29, 0.717) is 24.6 Å². The van der Waals surface area contributed by atoms with E-state index in [0.717, 1.165) is 66.3 Å². The molecule has 2 atom stereocenters. The van der Waals surface area contributed by atoms with Crippen LogP contribution in [0.25, 0.3) is 11.3 Å². The van der Waals surface area contributed by atoms with Gasteiger partial charge in [-0.3, -0.25) is 0 Å². The number of hydrogen-bond acceptors (Lipinski definition) is 4. The van der Waals surface area contributed by atoms with Gasteiger partial charge in [0.25, 0.3) is 0 Å². The highest BCUT2D eigenvalue weighted by Crippen LogP contribution is 2.39. The first-order valence-electron chi connectivity index (χ1n) is 10.0. The first-order chi connectivity index (χ1) is 13.4. The van der Waals surface area contributed by atoms with Crippen LogP contribution in [-0.4, -0.2) is 35.3 Å². The zero-order valence-corrected chi connectivity index (χ0v) is 15.8. The molecule has 1 aliphatic carbocycles. The summed E-state index contributed by atoms with van der Waals surface area (Å²) in [5.41, 5.74) is 5.19. The van der Waals surface area contributed by atoms with E-state index in [2.05, 4.69) is 17.1 Å². The van der Waals surface area contributed by atoms with Crippen LogP contribution >= 0.6 is 0 Å². The minimum absolute atomic E-state index is 0.332. The van der Waals surface area contributed by atoms with Crippen molar-refractivity contribution < 1.29 is 13.2 Å². The molecular formula is C21H23F3N4. The van der Waals surface area contributed by atoms with Gasteiger partial charge in [0.2, 0.25) is 5.95 Å². The molecule has 1 saturated heterocycles. The smallest absolute Gasteiger partial charge is 0.338 e. The van der Waals surface area contributed by atoms with Crippen LogP contribution in [0.15, 0.2) is 18.2 Å². The van der Waals surface area contributed by atoms with Gasteiger partial charge in [0.15, 0.2) is 0 Å². The molecule has 148 valence electrons. The van der Waals surface area contributed by atoms with Gasteiger partial charge in [0.05, 0.1) is 5.69 Å². The van der Waals surface area contributed by atoms with Gasteiger partial charge in [-0.15, -0.1) is 0 Å². The highest BCUT2D eigenvalue weighted by molar-refractivity contribution is 5.68. The maximum Gasteiger partial charge on any atom is 0.407 e. The Kier molecular flexibility index (Phi) is 4.12. The van der Waals surface area contributed by atoms with Crippen molar-refractivity contribution in [3.63, 3.8) is 0 Å². The molecular weight excluding hydrogens is 365 g/mol. The number of hydrogen-bond donors (Lipinski definition) is 1. The molecule has 1 aromatic heterocycles. The summed E-state index contributed by atoms with van der Waals surface area (Å²) in [5, 5.41) is 2.60. The van der Waals surface area contributed by atoms with Crippen molar-refractivity contribution in [3.8, 4) is 11.3 Å². The summed E-state index contributed by atoms with van der Waals surface area (Å²) < 4.78 is 40.1. The van der Waals surface area contributed by atoms with E-state index in [1.165, 1.54) is 0 Å². The quantitative estimate of drug-likeness (QED) is 0.845. The zero-order valence-electron chi connectivity index (χ0n) is 15.8. The van der Waals surface area contributed by atoms with E-state index in [-0.39, 0.29) is 0 Å². The average molecular weight is 388 g/mol. The number of benzene rings is 1. The lowest BCUT2D eigenvalue weighted by molar-refractivity contribution is -0.158. The normalized spacial score (nSPS) is 23.9. The number of anilines is 1. The van der Waals surface area contributed by atoms with Crippen molar-refractivity contribution >= 4 is 5.95 Å². The molecule has 0 saturated carbocycles. The fourth-order valence-corrected chi connectivity index (χ4v) is 4.60. The summed E-state index contributed by atoms with van der Waals surface area (Å²) in [7, 11) is 0. The number of aromatic nitrogens is 2. The molecule has 1 N–H and O–H groups in total. The van der Waals surface area contributed by atoms with Gasteiger partial charge in [-0.1, -0.05) is 12.1 Å². The number of halogens is 3. The molecule has 3 heterocycles. The van der Waals surface area contributed by atoms with Crippen LogP contribution in [-0.2, 0) is 19.3 Å². The van der Waals surface area contributed by atoms with Gasteiger partial charge < -0.3 is 10.2 Å². The molecule has 2 aromatic rings. The standard InChI is InChI=1S/C21H23F3N4/c1-12-8-10-28(12)20-26-17-4-2-3-16(17)18(27-20)14-5-6-15-13(11-14)7-9-25-19(15)21(22,23)24/h5-6,11-12,19,25H,2-4,7-10H2,1H3. The van der Waals surface area contributed by atoms with Crippen molar-refractivity contribution in [3.05, 3.63) is 40.6 Å². The van der Waals surface area contributed by atoms with Crippen molar-refractivity contribution in [2.45, 2.75) is 57.3 Å². The second-order valence-electron chi connectivity index (χ2n) is 8.07. The Hall–Kier alpha value is -2.15. The molecule has 0 bridgehead atoms. The van der Waals surface area contributed by atoms with Crippen molar-refractivity contribution in [1.29, 1.82) is 0 Å². The molecule has 4 nitrogen and oxygen atoms in total. The monoisotopic (exact) mass is 388 g/mol. The zero-order chi connectivity index (χ0) is 19.5. The summed E-state index contributed by atoms with van der Waals surface area (Å²) >= 11 is 0. The SMILES string of the molecule is CC1CCN1c1nc2c(c(-c3ccc4c(c3)CCNC4C(F)(F)F)n1)CCC2. The van der Waals surface area contributed by atoms with Crippen LogP contribution in [0.5, 0.6) is 0 Å². The average Bonchev–Trinajstić information content (AvgIpc) is 3.13. The summed E-state index contributed by atoms with van der Waals surface area (Å²) in [6, 6.07) is 4.20. The van der Waals surface area contributed by atoms with Gasteiger partial charge in [-0.2, -0.15) is 13.2 Å². The molecule has 2 unspecified atom stereocenters. The van der Waals surface area contributed by atoms with Gasteiger partial charge >= 0.3 is 6.18 Å². The predicted molar refractivity (Wildman–Crippen MR) is 101 cm³/mol. The first kappa shape index (κ1) is 17.9. The van der Waals surface area contributed by atoms with E-state index in [1.54, 1.807) is 12.1 Å². The molecule has 0 spiro atoms. The molecule has 7 heteroatoms. The van der Waals surface area contributed by atoms with Crippen LogP contribution in [0.2, 0.25) is 0 Å². The highest BCUT2D eigenvalue weighted by atomic mass is 19.4. The number of nitrogens with one attached hydrogen (secondary N) is 1. The summed E-state index contributed by atoms with van der Waals surface area (Å²) in [6.07, 6.45) is 0.392. The minimum atomic E-state index is -4.28. The fourth-order valence-electron chi connectivity index (χ4n) is 4.60. The van der Waals surface area contributed by atoms with E-state index in [9.17, 15) is 13.2 Å². The van der Waals surface area contributed by atoms with Crippen LogP contribution in [0.4, 0.5) is 19.1 Å². The number of alkyl halides is 3. The Morgan fingerprint density at radius 3 is 2.71 bits per heavy atom. The van der Waals surface area contributed by atoms with E-state index in [4.69, 9.17) is 9.97 Å². The van der Waals surface area contributed by atoms with Crippen LogP contribution < -0.4 is 10.2 Å². The van der Waals surface area contributed by atoms with Crippen LogP contribution in [0.3, 0.4) is 0 Å². The van der Waals surface area contributed by atoms with E-state index >= 15 is 0 Å². The molecule has 2 aliphatic heterocycles. The second kappa shape index (κ2) is 6.44. The Balaban J connectivity index is 1.58. The van der Waals surface area contributed by atoms with Crippen molar-refractivity contribution in [2.75, 3.05) is 18.0 Å². The van der Waals surface area contributed by atoms with Crippen molar-refractivity contribution in [1.82, 2.24) is 15.3 Å². The highest BCUT2D eigenvalue weighted by Gasteiger charge is 2.43. The number of aryl methyl sites for hydroxylation is 1. The molecule has 0 radical (unpaired) electrons. The Morgan fingerprint density at radius 2 is 2.00 bits per heavy atom. The topological polar surface area (TPSA) is 41.1 Å². The van der Waals surface area contributed by atoms with Gasteiger partial charge in [-0.25, -0.2) is 9.97 Å². The summed E-state index contributed by atoms with van der Waals surface area (Å²) in [5.74, 6) is 0.766. The third kappa shape index (κ3) is 2.87. The maximum absolute atomic E-state index is 13.4. The van der Waals surface area contributed by atoms with Gasteiger partial charge in [0, 0.05) is 36.0 Å². The summed E-state index contributed by atoms with van der Waals surface area (Å²) in [6.45, 7) is 3.46. The van der Waals surface area contributed by atoms with Crippen LogP contribution in [0, 0.1) is 0 Å². The molecule has 5 rings (SSSR count). The Morgan fingerprint density at radius 1 is 1.14 bits per heavy atom. The molecule has 1 fully saturated rings. The first-order valence-corrected chi connectivity index (χ1v) is 10.0. The fraction of sp³-hybridized carbons (Fsp3) is 0.524. The van der Waals surface area contributed by atoms with Crippen molar-refractivity contribution in [2.24, 2.45) is 0 Å². The largest absolute Gasteiger partial charge is 0.407 e. The number of rotatable bonds is 2. The molecule has 3 aliphatic rings. The Labute approximate surface area is 162 Å². The molecule has 28 heavy (non-hydrogen) atoms. The number of nitrogens with zero attached hydrogens (tertiary/aromatic N) is 3. The van der Waals surface area contributed by atoms with Gasteiger partial charge in [-0.05, 0) is 56.2 Å². The minimum Gasteiger partial charge on any atom is -0.338 e. The lowest BCUT2D eigenvalue weighted by Crippen LogP contribution is -2.46. The lowest BCUT2D eigenvalue weighted by atomic mass is 9.91. The lowest BCUT2D eigenvalue weighted by Gasteiger charge is -2.39.